The van der Waals surface area contributed by atoms with Crippen molar-refractivity contribution in [3.63, 3.8) is 0 Å². The molecule has 1 aliphatic rings. The van der Waals surface area contributed by atoms with Crippen LogP contribution in [0.15, 0.2) is 41.4 Å². The van der Waals surface area contributed by atoms with Crippen molar-refractivity contribution in [2.24, 2.45) is 16.5 Å². The van der Waals surface area contributed by atoms with E-state index in [9.17, 15) is 9.59 Å². The van der Waals surface area contributed by atoms with Crippen LogP contribution < -0.4 is 11.5 Å². The molecule has 0 unspecified atom stereocenters. The van der Waals surface area contributed by atoms with Crippen molar-refractivity contribution in [2.75, 3.05) is 13.1 Å². The van der Waals surface area contributed by atoms with Gasteiger partial charge in [-0.25, -0.2) is 4.99 Å². The highest BCUT2D eigenvalue weighted by Crippen LogP contribution is 2.21. The van der Waals surface area contributed by atoms with E-state index in [0.717, 1.165) is 0 Å². The number of hydrogen-bond acceptors (Lipinski definition) is 3. The Hall–Kier alpha value is -2.63. The molecule has 1 aliphatic heterocycles. The van der Waals surface area contributed by atoms with Gasteiger partial charge in [0.2, 0.25) is 0 Å². The molecule has 2 amide bonds. The van der Waals surface area contributed by atoms with Gasteiger partial charge in [-0.05, 0) is 12.1 Å². The molecule has 2 rings (SSSR count). The van der Waals surface area contributed by atoms with Crippen LogP contribution in [0.4, 0.5) is 0 Å². The van der Waals surface area contributed by atoms with Crippen molar-refractivity contribution < 1.29 is 9.59 Å². The summed E-state index contributed by atoms with van der Waals surface area (Å²) in [7, 11) is 0. The molecule has 0 bridgehead atoms. The quantitative estimate of drug-likeness (QED) is 0.346. The lowest BCUT2D eigenvalue weighted by Gasteiger charge is -2.10. The summed E-state index contributed by atoms with van der Waals surface area (Å²) < 4.78 is 0. The minimum Gasteiger partial charge on any atom is -0.370 e. The van der Waals surface area contributed by atoms with Gasteiger partial charge < -0.3 is 11.5 Å². The predicted molar refractivity (Wildman–Crippen MR) is 71.6 cm³/mol. The SMILES string of the molecule is NC(N)=NC/C=C/CN1C(=O)c2ccccc2C1=O. The average Bonchev–Trinajstić information content (AvgIpc) is 2.63. The van der Waals surface area contributed by atoms with Crippen LogP contribution in [0.5, 0.6) is 0 Å². The van der Waals surface area contributed by atoms with Crippen LogP contribution in [0, 0.1) is 0 Å². The number of aliphatic imine (C=N–C) groups is 1. The van der Waals surface area contributed by atoms with E-state index in [2.05, 4.69) is 4.99 Å². The van der Waals surface area contributed by atoms with Crippen molar-refractivity contribution in [3.05, 3.63) is 47.5 Å². The predicted octanol–water partition coefficient (Wildman–Crippen LogP) is 0.112. The average molecular weight is 258 g/mol. The van der Waals surface area contributed by atoms with Crippen molar-refractivity contribution in [2.45, 2.75) is 0 Å². The molecule has 6 nitrogen and oxygen atoms in total. The highest BCUT2D eigenvalue weighted by Gasteiger charge is 2.33. The van der Waals surface area contributed by atoms with Gasteiger partial charge in [0, 0.05) is 6.54 Å². The van der Waals surface area contributed by atoms with E-state index < -0.39 is 0 Å². The number of imide groups is 1. The Morgan fingerprint density at radius 3 is 2.21 bits per heavy atom. The number of guanidine groups is 1. The summed E-state index contributed by atoms with van der Waals surface area (Å²) in [5.41, 5.74) is 11.2. The number of benzene rings is 1. The Labute approximate surface area is 110 Å². The molecule has 19 heavy (non-hydrogen) atoms. The second-order valence-corrected chi connectivity index (χ2v) is 4.00. The summed E-state index contributed by atoms with van der Waals surface area (Å²) >= 11 is 0. The first kappa shape index (κ1) is 12.8. The van der Waals surface area contributed by atoms with Gasteiger partial charge in [-0.3, -0.25) is 14.5 Å². The lowest BCUT2D eigenvalue weighted by Crippen LogP contribution is -2.29. The van der Waals surface area contributed by atoms with Crippen LogP contribution in [-0.4, -0.2) is 35.8 Å². The Morgan fingerprint density at radius 1 is 1.11 bits per heavy atom. The van der Waals surface area contributed by atoms with Crippen molar-refractivity contribution >= 4 is 17.8 Å². The monoisotopic (exact) mass is 258 g/mol. The van der Waals surface area contributed by atoms with E-state index >= 15 is 0 Å². The second-order valence-electron chi connectivity index (χ2n) is 4.00. The molecule has 4 N–H and O–H groups in total. The van der Waals surface area contributed by atoms with E-state index in [1.807, 2.05) is 0 Å². The molecule has 0 radical (unpaired) electrons. The normalized spacial score (nSPS) is 14.0. The van der Waals surface area contributed by atoms with Crippen LogP contribution in [-0.2, 0) is 0 Å². The standard InChI is InChI=1S/C13H14N4O2/c14-13(15)16-7-3-4-8-17-11(18)9-5-1-2-6-10(9)12(17)19/h1-6H,7-8H2,(H4,14,15,16)/b4-3+. The first-order valence-electron chi connectivity index (χ1n) is 5.77. The number of fused-ring (bicyclic) bond motifs is 1. The number of rotatable bonds is 4. The molecule has 1 heterocycles. The van der Waals surface area contributed by atoms with Crippen molar-refractivity contribution in [1.82, 2.24) is 4.90 Å². The van der Waals surface area contributed by atoms with E-state index in [1.54, 1.807) is 36.4 Å². The van der Waals surface area contributed by atoms with Crippen LogP contribution >= 0.6 is 0 Å². The zero-order chi connectivity index (χ0) is 13.8. The summed E-state index contributed by atoms with van der Waals surface area (Å²) in [6.45, 7) is 0.540. The molecule has 0 fully saturated rings. The first-order chi connectivity index (χ1) is 9.11. The molecule has 1 aromatic carbocycles. The zero-order valence-electron chi connectivity index (χ0n) is 10.2. The second kappa shape index (κ2) is 5.34. The highest BCUT2D eigenvalue weighted by atomic mass is 16.2. The zero-order valence-corrected chi connectivity index (χ0v) is 10.2. The third kappa shape index (κ3) is 2.62. The van der Waals surface area contributed by atoms with Crippen LogP contribution in [0.1, 0.15) is 20.7 Å². The topological polar surface area (TPSA) is 102 Å². The smallest absolute Gasteiger partial charge is 0.261 e. The largest absolute Gasteiger partial charge is 0.370 e. The summed E-state index contributed by atoms with van der Waals surface area (Å²) in [6.07, 6.45) is 3.39. The molecule has 0 spiro atoms. The summed E-state index contributed by atoms with van der Waals surface area (Å²) in [6, 6.07) is 6.78. The molecule has 0 aromatic heterocycles. The van der Waals surface area contributed by atoms with Gasteiger partial charge >= 0.3 is 0 Å². The van der Waals surface area contributed by atoms with Gasteiger partial charge in [-0.1, -0.05) is 24.3 Å². The number of nitrogens with zero attached hydrogens (tertiary/aromatic N) is 2. The van der Waals surface area contributed by atoms with Crippen molar-refractivity contribution in [1.29, 1.82) is 0 Å². The molecular weight excluding hydrogens is 244 g/mol. The first-order valence-corrected chi connectivity index (χ1v) is 5.77. The van der Waals surface area contributed by atoms with Gasteiger partial charge in [-0.2, -0.15) is 0 Å². The number of nitrogens with two attached hydrogens (primary N) is 2. The fourth-order valence-electron chi connectivity index (χ4n) is 1.82. The van der Waals surface area contributed by atoms with Gasteiger partial charge in [0.25, 0.3) is 11.8 Å². The molecule has 98 valence electrons. The molecular formula is C13H14N4O2. The van der Waals surface area contributed by atoms with Gasteiger partial charge in [0.15, 0.2) is 5.96 Å². The third-order valence-electron chi connectivity index (χ3n) is 2.71. The molecule has 6 heteroatoms. The number of carbonyl (C=O) groups excluding carboxylic acids is 2. The van der Waals surface area contributed by atoms with Crippen LogP contribution in [0.2, 0.25) is 0 Å². The van der Waals surface area contributed by atoms with E-state index in [0.29, 0.717) is 17.7 Å². The molecule has 0 saturated heterocycles. The molecule has 1 aromatic rings. The number of hydrogen-bond donors (Lipinski definition) is 2. The van der Waals surface area contributed by atoms with Crippen LogP contribution in [0.3, 0.4) is 0 Å². The Kier molecular flexibility index (Phi) is 3.61. The van der Waals surface area contributed by atoms with Crippen molar-refractivity contribution in [3.8, 4) is 0 Å². The maximum atomic E-state index is 12.0. The number of carbonyl (C=O) groups is 2. The summed E-state index contributed by atoms with van der Waals surface area (Å²) in [5, 5.41) is 0. The summed E-state index contributed by atoms with van der Waals surface area (Å²) in [5.74, 6) is -0.537. The lowest BCUT2D eigenvalue weighted by molar-refractivity contribution is 0.0672. The summed E-state index contributed by atoms with van der Waals surface area (Å²) in [4.78, 5) is 28.9. The van der Waals surface area contributed by atoms with E-state index in [1.165, 1.54) is 4.90 Å². The minimum absolute atomic E-state index is 0.00498. The fourth-order valence-corrected chi connectivity index (χ4v) is 1.82. The Morgan fingerprint density at radius 2 is 1.68 bits per heavy atom. The minimum atomic E-state index is -0.271. The third-order valence-corrected chi connectivity index (χ3v) is 2.71. The molecule has 0 aliphatic carbocycles. The molecule has 0 saturated carbocycles. The number of amides is 2. The van der Waals surface area contributed by atoms with E-state index in [-0.39, 0.29) is 24.3 Å². The van der Waals surface area contributed by atoms with Gasteiger partial charge in [0.05, 0.1) is 17.7 Å². The Balaban J connectivity index is 2.03. The highest BCUT2D eigenvalue weighted by molar-refractivity contribution is 6.21. The van der Waals surface area contributed by atoms with Gasteiger partial charge in [0.1, 0.15) is 0 Å². The van der Waals surface area contributed by atoms with E-state index in [4.69, 9.17) is 11.5 Å². The fraction of sp³-hybridized carbons (Fsp3) is 0.154. The van der Waals surface area contributed by atoms with Gasteiger partial charge in [-0.15, -0.1) is 0 Å². The molecule has 0 atom stereocenters. The maximum absolute atomic E-state index is 12.0. The Bertz CT molecular complexity index is 539. The van der Waals surface area contributed by atoms with Crippen LogP contribution in [0.25, 0.3) is 0 Å². The lowest BCUT2D eigenvalue weighted by atomic mass is 10.1. The maximum Gasteiger partial charge on any atom is 0.261 e.